The van der Waals surface area contributed by atoms with Gasteiger partial charge < -0.3 is 11.1 Å². The number of aromatic nitrogens is 1. The SMILES string of the molecule is Cc1cc(N)c(Nc2ccccc2)nc1C. The molecule has 1 aromatic carbocycles. The van der Waals surface area contributed by atoms with Crippen LogP contribution in [-0.4, -0.2) is 4.98 Å². The molecule has 16 heavy (non-hydrogen) atoms. The minimum Gasteiger partial charge on any atom is -0.396 e. The highest BCUT2D eigenvalue weighted by atomic mass is 15.0. The van der Waals surface area contributed by atoms with Crippen LogP contribution in [0.1, 0.15) is 11.3 Å². The molecule has 3 N–H and O–H groups in total. The molecule has 0 saturated carbocycles. The van der Waals surface area contributed by atoms with Gasteiger partial charge in [-0.25, -0.2) is 4.98 Å². The van der Waals surface area contributed by atoms with Crippen molar-refractivity contribution in [1.82, 2.24) is 4.98 Å². The fraction of sp³-hybridized carbons (Fsp3) is 0.154. The topological polar surface area (TPSA) is 50.9 Å². The number of anilines is 3. The molecule has 3 nitrogen and oxygen atoms in total. The lowest BCUT2D eigenvalue weighted by Gasteiger charge is -2.10. The summed E-state index contributed by atoms with van der Waals surface area (Å²) in [6, 6.07) is 11.8. The molecule has 82 valence electrons. The molecule has 0 aliphatic carbocycles. The first-order valence-electron chi connectivity index (χ1n) is 5.22. The molecular weight excluding hydrogens is 198 g/mol. The third-order valence-electron chi connectivity index (χ3n) is 2.53. The van der Waals surface area contributed by atoms with Gasteiger partial charge in [-0.2, -0.15) is 0 Å². The number of benzene rings is 1. The van der Waals surface area contributed by atoms with E-state index in [9.17, 15) is 0 Å². The quantitative estimate of drug-likeness (QED) is 0.806. The van der Waals surface area contributed by atoms with Crippen LogP contribution in [0.2, 0.25) is 0 Å². The molecule has 0 bridgehead atoms. The molecule has 1 aromatic heterocycles. The number of para-hydroxylation sites is 1. The lowest BCUT2D eigenvalue weighted by atomic mass is 10.2. The highest BCUT2D eigenvalue weighted by molar-refractivity contribution is 5.69. The number of hydrogen-bond acceptors (Lipinski definition) is 3. The average Bonchev–Trinajstić information content (AvgIpc) is 2.27. The number of pyridine rings is 1. The Kier molecular flexibility index (Phi) is 2.77. The summed E-state index contributed by atoms with van der Waals surface area (Å²) in [5.41, 5.74) is 9.68. The number of hydrogen-bond donors (Lipinski definition) is 2. The van der Waals surface area contributed by atoms with Crippen LogP contribution in [-0.2, 0) is 0 Å². The smallest absolute Gasteiger partial charge is 0.153 e. The van der Waals surface area contributed by atoms with Crippen LogP contribution in [0, 0.1) is 13.8 Å². The number of rotatable bonds is 2. The lowest BCUT2D eigenvalue weighted by molar-refractivity contribution is 1.15. The summed E-state index contributed by atoms with van der Waals surface area (Å²) in [7, 11) is 0. The van der Waals surface area contributed by atoms with Crippen molar-refractivity contribution >= 4 is 17.2 Å². The van der Waals surface area contributed by atoms with Gasteiger partial charge in [-0.05, 0) is 37.6 Å². The van der Waals surface area contributed by atoms with Crippen LogP contribution in [0.4, 0.5) is 17.2 Å². The monoisotopic (exact) mass is 213 g/mol. The van der Waals surface area contributed by atoms with Crippen LogP contribution < -0.4 is 11.1 Å². The molecule has 0 aliphatic heterocycles. The van der Waals surface area contributed by atoms with Gasteiger partial charge in [0, 0.05) is 11.4 Å². The average molecular weight is 213 g/mol. The van der Waals surface area contributed by atoms with Gasteiger partial charge in [-0.1, -0.05) is 18.2 Å². The summed E-state index contributed by atoms with van der Waals surface area (Å²) in [5, 5.41) is 3.20. The van der Waals surface area contributed by atoms with Crippen LogP contribution in [0.25, 0.3) is 0 Å². The van der Waals surface area contributed by atoms with Crippen molar-refractivity contribution in [3.05, 3.63) is 47.7 Å². The molecule has 0 amide bonds. The Morgan fingerprint density at radius 2 is 1.81 bits per heavy atom. The third kappa shape index (κ3) is 2.14. The van der Waals surface area contributed by atoms with Crippen molar-refractivity contribution in [2.75, 3.05) is 11.1 Å². The third-order valence-corrected chi connectivity index (χ3v) is 2.53. The number of nitrogens with one attached hydrogen (secondary N) is 1. The number of nitrogens with two attached hydrogens (primary N) is 1. The highest BCUT2D eigenvalue weighted by Gasteiger charge is 2.04. The largest absolute Gasteiger partial charge is 0.396 e. The van der Waals surface area contributed by atoms with E-state index >= 15 is 0 Å². The second kappa shape index (κ2) is 4.23. The van der Waals surface area contributed by atoms with Gasteiger partial charge in [-0.15, -0.1) is 0 Å². The van der Waals surface area contributed by atoms with Crippen molar-refractivity contribution in [3.63, 3.8) is 0 Å². The van der Waals surface area contributed by atoms with Gasteiger partial charge >= 0.3 is 0 Å². The van der Waals surface area contributed by atoms with E-state index in [1.165, 1.54) is 0 Å². The van der Waals surface area contributed by atoms with E-state index in [2.05, 4.69) is 10.3 Å². The Morgan fingerprint density at radius 1 is 1.12 bits per heavy atom. The Balaban J connectivity index is 2.32. The van der Waals surface area contributed by atoms with Crippen molar-refractivity contribution in [2.45, 2.75) is 13.8 Å². The molecule has 0 fully saturated rings. The van der Waals surface area contributed by atoms with Crippen LogP contribution in [0.3, 0.4) is 0 Å². The second-order valence-corrected chi connectivity index (χ2v) is 3.82. The zero-order chi connectivity index (χ0) is 11.5. The summed E-state index contributed by atoms with van der Waals surface area (Å²) in [6.07, 6.45) is 0. The molecule has 2 rings (SSSR count). The maximum Gasteiger partial charge on any atom is 0.153 e. The molecule has 1 heterocycles. The minimum atomic E-state index is 0.673. The van der Waals surface area contributed by atoms with Crippen molar-refractivity contribution in [3.8, 4) is 0 Å². The predicted molar refractivity (Wildman–Crippen MR) is 67.8 cm³/mol. The zero-order valence-electron chi connectivity index (χ0n) is 9.49. The molecule has 0 saturated heterocycles. The number of aryl methyl sites for hydroxylation is 2. The van der Waals surface area contributed by atoms with Crippen LogP contribution in [0.5, 0.6) is 0 Å². The van der Waals surface area contributed by atoms with Gasteiger partial charge in [0.1, 0.15) is 0 Å². The first-order chi connectivity index (χ1) is 7.66. The molecule has 2 aromatic rings. The second-order valence-electron chi connectivity index (χ2n) is 3.82. The van der Waals surface area contributed by atoms with E-state index in [0.717, 1.165) is 16.9 Å². The minimum absolute atomic E-state index is 0.673. The van der Waals surface area contributed by atoms with Gasteiger partial charge in [0.25, 0.3) is 0 Å². The molecule has 3 heteroatoms. The van der Waals surface area contributed by atoms with Gasteiger partial charge in [0.05, 0.1) is 5.69 Å². The number of nitrogen functional groups attached to an aromatic ring is 1. The first kappa shape index (κ1) is 10.5. The summed E-state index contributed by atoms with van der Waals surface area (Å²) in [4.78, 5) is 4.43. The fourth-order valence-electron chi connectivity index (χ4n) is 1.48. The zero-order valence-corrected chi connectivity index (χ0v) is 9.49. The molecular formula is C13H15N3. The Morgan fingerprint density at radius 3 is 2.50 bits per heavy atom. The molecule has 0 aliphatic rings. The fourth-order valence-corrected chi connectivity index (χ4v) is 1.48. The van der Waals surface area contributed by atoms with Crippen LogP contribution in [0.15, 0.2) is 36.4 Å². The van der Waals surface area contributed by atoms with Crippen molar-refractivity contribution < 1.29 is 0 Å². The predicted octanol–water partition coefficient (Wildman–Crippen LogP) is 3.02. The van der Waals surface area contributed by atoms with E-state index < -0.39 is 0 Å². The molecule has 0 radical (unpaired) electrons. The summed E-state index contributed by atoms with van der Waals surface area (Å²) in [5.74, 6) is 0.717. The Bertz CT molecular complexity index is 492. The molecule has 0 spiro atoms. The standard InChI is InChI=1S/C13H15N3/c1-9-8-12(14)13(15-10(9)2)16-11-6-4-3-5-7-11/h3-8H,14H2,1-2H3,(H,15,16). The molecule has 0 unspecified atom stereocenters. The van der Waals surface area contributed by atoms with E-state index in [0.29, 0.717) is 11.5 Å². The van der Waals surface area contributed by atoms with Gasteiger partial charge in [0.2, 0.25) is 0 Å². The summed E-state index contributed by atoms with van der Waals surface area (Å²) in [6.45, 7) is 3.98. The van der Waals surface area contributed by atoms with E-state index in [1.807, 2.05) is 50.2 Å². The molecule has 0 atom stereocenters. The first-order valence-corrected chi connectivity index (χ1v) is 5.22. The maximum absolute atomic E-state index is 5.91. The number of nitrogens with zero attached hydrogens (tertiary/aromatic N) is 1. The van der Waals surface area contributed by atoms with E-state index in [-0.39, 0.29) is 0 Å². The van der Waals surface area contributed by atoms with Crippen LogP contribution >= 0.6 is 0 Å². The summed E-state index contributed by atoms with van der Waals surface area (Å²) < 4.78 is 0. The van der Waals surface area contributed by atoms with Gasteiger partial charge in [0.15, 0.2) is 5.82 Å². The van der Waals surface area contributed by atoms with Gasteiger partial charge in [-0.3, -0.25) is 0 Å². The summed E-state index contributed by atoms with van der Waals surface area (Å²) >= 11 is 0. The lowest BCUT2D eigenvalue weighted by Crippen LogP contribution is -2.01. The van der Waals surface area contributed by atoms with Crippen molar-refractivity contribution in [1.29, 1.82) is 0 Å². The Hall–Kier alpha value is -2.03. The van der Waals surface area contributed by atoms with E-state index in [1.54, 1.807) is 0 Å². The van der Waals surface area contributed by atoms with E-state index in [4.69, 9.17) is 5.73 Å². The van der Waals surface area contributed by atoms with Crippen molar-refractivity contribution in [2.24, 2.45) is 0 Å². The normalized spacial score (nSPS) is 10.1. The maximum atomic E-state index is 5.91. The highest BCUT2D eigenvalue weighted by Crippen LogP contribution is 2.22. The Labute approximate surface area is 95.3 Å².